The van der Waals surface area contributed by atoms with Crippen molar-refractivity contribution in [3.63, 3.8) is 0 Å². The van der Waals surface area contributed by atoms with Gasteiger partial charge < -0.3 is 4.74 Å². The topological polar surface area (TPSA) is 55.4 Å². The third-order valence-corrected chi connectivity index (χ3v) is 6.14. The van der Waals surface area contributed by atoms with E-state index in [2.05, 4.69) is 25.5 Å². The van der Waals surface area contributed by atoms with Crippen LogP contribution in [0.4, 0.5) is 0 Å². The number of sulfonamides is 1. The first kappa shape index (κ1) is 18.4. The first-order chi connectivity index (χ1) is 10.6. The molecule has 5 heteroatoms. The number of hydrogen-bond donors (Lipinski definition) is 1. The van der Waals surface area contributed by atoms with Gasteiger partial charge in [0.25, 0.3) is 0 Å². The minimum atomic E-state index is -3.48. The lowest BCUT2D eigenvalue weighted by Crippen LogP contribution is -2.28. The lowest BCUT2D eigenvalue weighted by molar-refractivity contribution is 0.105. The second-order valence-corrected chi connectivity index (χ2v) is 9.21. The molecule has 1 aromatic rings. The Labute approximate surface area is 140 Å². The molecule has 0 saturated carbocycles. The maximum absolute atomic E-state index is 12.7. The first-order valence-electron chi connectivity index (χ1n) is 8.34. The summed E-state index contributed by atoms with van der Waals surface area (Å²) in [6, 6.07) is 3.98. The Bertz CT molecular complexity index is 630. The fourth-order valence-corrected chi connectivity index (χ4v) is 4.60. The van der Waals surface area contributed by atoms with Crippen molar-refractivity contribution in [3.05, 3.63) is 28.8 Å². The fraction of sp³-hybridized carbons (Fsp3) is 0.667. The van der Waals surface area contributed by atoms with Gasteiger partial charge in [-0.2, -0.15) is 0 Å². The van der Waals surface area contributed by atoms with Crippen LogP contribution in [0.15, 0.2) is 17.0 Å². The van der Waals surface area contributed by atoms with E-state index in [4.69, 9.17) is 4.74 Å². The minimum Gasteiger partial charge on any atom is -0.378 e. The zero-order valence-corrected chi connectivity index (χ0v) is 15.7. The Morgan fingerprint density at radius 1 is 1.22 bits per heavy atom. The largest absolute Gasteiger partial charge is 0.378 e. The van der Waals surface area contributed by atoms with Gasteiger partial charge in [-0.25, -0.2) is 13.1 Å². The number of nitrogens with one attached hydrogen (secondary N) is 1. The summed E-state index contributed by atoms with van der Waals surface area (Å²) in [5, 5.41) is 0. The van der Waals surface area contributed by atoms with Crippen LogP contribution in [0, 0.1) is 13.8 Å². The van der Waals surface area contributed by atoms with Crippen molar-refractivity contribution in [1.82, 2.24) is 4.72 Å². The van der Waals surface area contributed by atoms with Crippen LogP contribution < -0.4 is 4.72 Å². The normalized spacial score (nSPS) is 19.3. The highest BCUT2D eigenvalue weighted by Gasteiger charge is 2.23. The molecule has 0 bridgehead atoms. The molecule has 1 fully saturated rings. The van der Waals surface area contributed by atoms with Gasteiger partial charge in [-0.1, -0.05) is 32.9 Å². The average molecular weight is 340 g/mol. The van der Waals surface area contributed by atoms with E-state index in [9.17, 15) is 8.42 Å². The van der Waals surface area contributed by atoms with Crippen molar-refractivity contribution in [2.75, 3.05) is 13.2 Å². The predicted octanol–water partition coefficient (Wildman–Crippen LogP) is 3.45. The minimum absolute atomic E-state index is 0.00501. The van der Waals surface area contributed by atoms with E-state index in [1.807, 2.05) is 26.0 Å². The molecule has 2 rings (SSSR count). The van der Waals surface area contributed by atoms with Gasteiger partial charge in [-0.15, -0.1) is 0 Å². The lowest BCUT2D eigenvalue weighted by Gasteiger charge is -2.22. The molecule has 1 aliphatic heterocycles. The third kappa shape index (κ3) is 4.55. The second kappa shape index (κ2) is 6.91. The first-order valence-corrected chi connectivity index (χ1v) is 9.82. The monoisotopic (exact) mass is 339 g/mol. The summed E-state index contributed by atoms with van der Waals surface area (Å²) in [6.45, 7) is 11.4. The van der Waals surface area contributed by atoms with Crippen LogP contribution in [0.2, 0.25) is 0 Å². The van der Waals surface area contributed by atoms with Crippen LogP contribution in [-0.4, -0.2) is 27.7 Å². The highest BCUT2D eigenvalue weighted by Crippen LogP contribution is 2.29. The number of rotatable bonds is 5. The summed E-state index contributed by atoms with van der Waals surface area (Å²) in [7, 11) is -3.48. The SMILES string of the molecule is Cc1cc(C(C)(C)C)cc(C)c1S(=O)(=O)NCC[C@H]1CCCO1. The molecule has 1 N–H and O–H groups in total. The Morgan fingerprint density at radius 3 is 2.30 bits per heavy atom. The quantitative estimate of drug-likeness (QED) is 0.894. The van der Waals surface area contributed by atoms with Crippen LogP contribution in [0.5, 0.6) is 0 Å². The van der Waals surface area contributed by atoms with E-state index in [1.54, 1.807) is 0 Å². The summed E-state index contributed by atoms with van der Waals surface area (Å²) >= 11 is 0. The van der Waals surface area contributed by atoms with Crippen LogP contribution in [0.25, 0.3) is 0 Å². The maximum Gasteiger partial charge on any atom is 0.241 e. The zero-order valence-electron chi connectivity index (χ0n) is 14.9. The van der Waals surface area contributed by atoms with E-state index < -0.39 is 10.0 Å². The average Bonchev–Trinajstić information content (AvgIpc) is 2.89. The Morgan fingerprint density at radius 2 is 1.83 bits per heavy atom. The predicted molar refractivity (Wildman–Crippen MR) is 93.4 cm³/mol. The van der Waals surface area contributed by atoms with Crippen molar-refractivity contribution in [2.45, 2.75) is 70.3 Å². The van der Waals surface area contributed by atoms with Gasteiger partial charge in [0.05, 0.1) is 11.0 Å². The molecule has 1 atom stereocenters. The molecule has 0 spiro atoms. The number of ether oxygens (including phenoxy) is 1. The van der Waals surface area contributed by atoms with Gasteiger partial charge in [0.2, 0.25) is 10.0 Å². The molecule has 1 heterocycles. The molecular formula is C18H29NO3S. The Kier molecular flexibility index (Phi) is 5.54. The molecule has 0 amide bonds. The van der Waals surface area contributed by atoms with Gasteiger partial charge in [-0.05, 0) is 55.2 Å². The summed E-state index contributed by atoms with van der Waals surface area (Å²) in [4.78, 5) is 0.415. The van der Waals surface area contributed by atoms with Gasteiger partial charge in [0.15, 0.2) is 0 Å². The van der Waals surface area contributed by atoms with E-state index in [0.29, 0.717) is 11.4 Å². The van der Waals surface area contributed by atoms with Crippen LogP contribution in [0.1, 0.15) is 56.7 Å². The van der Waals surface area contributed by atoms with Crippen molar-refractivity contribution >= 4 is 10.0 Å². The Balaban J connectivity index is 2.15. The van der Waals surface area contributed by atoms with Gasteiger partial charge in [-0.3, -0.25) is 0 Å². The van der Waals surface area contributed by atoms with Gasteiger partial charge >= 0.3 is 0 Å². The molecule has 130 valence electrons. The maximum atomic E-state index is 12.7. The number of benzene rings is 1. The molecule has 4 nitrogen and oxygen atoms in total. The number of hydrogen-bond acceptors (Lipinski definition) is 3. The van der Waals surface area contributed by atoms with Gasteiger partial charge in [0.1, 0.15) is 0 Å². The fourth-order valence-electron chi connectivity index (χ4n) is 3.11. The highest BCUT2D eigenvalue weighted by molar-refractivity contribution is 7.89. The number of aryl methyl sites for hydroxylation is 2. The standard InChI is InChI=1S/C18H29NO3S/c1-13-11-15(18(3,4)5)12-14(2)17(13)23(20,21)19-9-8-16-7-6-10-22-16/h11-12,16,19H,6-10H2,1-5H3/t16-/m1/s1. The molecule has 1 aromatic carbocycles. The summed E-state index contributed by atoms with van der Waals surface area (Å²) < 4.78 is 33.6. The highest BCUT2D eigenvalue weighted by atomic mass is 32.2. The van der Waals surface area contributed by atoms with Crippen molar-refractivity contribution in [1.29, 1.82) is 0 Å². The van der Waals surface area contributed by atoms with Crippen LogP contribution in [-0.2, 0) is 20.2 Å². The molecule has 1 aliphatic rings. The molecule has 0 unspecified atom stereocenters. The molecular weight excluding hydrogens is 310 g/mol. The second-order valence-electron chi connectivity index (χ2n) is 7.51. The van der Waals surface area contributed by atoms with Crippen molar-refractivity contribution in [3.8, 4) is 0 Å². The molecule has 1 saturated heterocycles. The molecule has 0 aromatic heterocycles. The zero-order chi connectivity index (χ0) is 17.3. The summed E-state index contributed by atoms with van der Waals surface area (Å²) in [5.41, 5.74) is 2.77. The van der Waals surface area contributed by atoms with E-state index >= 15 is 0 Å². The molecule has 23 heavy (non-hydrogen) atoms. The van der Waals surface area contributed by atoms with Crippen LogP contribution >= 0.6 is 0 Å². The third-order valence-electron chi connectivity index (χ3n) is 4.38. The van der Waals surface area contributed by atoms with Gasteiger partial charge in [0, 0.05) is 13.2 Å². The van der Waals surface area contributed by atoms with E-state index in [1.165, 1.54) is 0 Å². The van der Waals surface area contributed by atoms with E-state index in [-0.39, 0.29) is 11.5 Å². The summed E-state index contributed by atoms with van der Waals surface area (Å²) in [6.07, 6.45) is 3.03. The smallest absolute Gasteiger partial charge is 0.241 e. The van der Waals surface area contributed by atoms with Crippen molar-refractivity contribution < 1.29 is 13.2 Å². The van der Waals surface area contributed by atoms with E-state index in [0.717, 1.165) is 42.6 Å². The molecule has 0 radical (unpaired) electrons. The lowest BCUT2D eigenvalue weighted by atomic mass is 9.85. The van der Waals surface area contributed by atoms with Crippen LogP contribution in [0.3, 0.4) is 0 Å². The van der Waals surface area contributed by atoms with Crippen molar-refractivity contribution in [2.24, 2.45) is 0 Å². The molecule has 0 aliphatic carbocycles. The Hall–Kier alpha value is -0.910. The summed E-state index contributed by atoms with van der Waals surface area (Å²) in [5.74, 6) is 0.